The Labute approximate surface area is 112 Å². The lowest BCUT2D eigenvalue weighted by atomic mass is 10.0. The van der Waals surface area contributed by atoms with E-state index in [1.54, 1.807) is 6.08 Å². The van der Waals surface area contributed by atoms with Gasteiger partial charge >= 0.3 is 0 Å². The van der Waals surface area contributed by atoms with Crippen LogP contribution in [0.1, 0.15) is 12.5 Å². The fraction of sp³-hybridized carbons (Fsp3) is 0.0625. The van der Waals surface area contributed by atoms with Gasteiger partial charge in [0, 0.05) is 5.56 Å². The van der Waals surface area contributed by atoms with Gasteiger partial charge in [-0.05, 0) is 24.1 Å². The van der Waals surface area contributed by atoms with E-state index in [9.17, 15) is 0 Å². The summed E-state index contributed by atoms with van der Waals surface area (Å²) in [7, 11) is 0. The Hall–Kier alpha value is -1.86. The van der Waals surface area contributed by atoms with Gasteiger partial charge < -0.3 is 0 Å². The van der Waals surface area contributed by atoms with Crippen molar-refractivity contribution in [3.05, 3.63) is 71.3 Å². The second-order valence-electron chi connectivity index (χ2n) is 3.96. The average molecular weight is 256 g/mol. The van der Waals surface area contributed by atoms with Crippen molar-refractivity contribution >= 4 is 17.3 Å². The fourth-order valence-electron chi connectivity index (χ4n) is 1.77. The number of halogens is 1. The van der Waals surface area contributed by atoms with Gasteiger partial charge in [-0.1, -0.05) is 66.2 Å². The van der Waals surface area contributed by atoms with E-state index in [1.807, 2.05) is 49.4 Å². The van der Waals surface area contributed by atoms with Gasteiger partial charge in [0.05, 0.1) is 10.7 Å². The van der Waals surface area contributed by atoms with E-state index in [0.717, 1.165) is 16.7 Å². The van der Waals surface area contributed by atoms with Crippen LogP contribution >= 0.6 is 11.6 Å². The predicted octanol–water partition coefficient (Wildman–Crippen LogP) is 4.86. The molecule has 0 spiro atoms. The first-order chi connectivity index (χ1) is 8.72. The Morgan fingerprint density at radius 1 is 1.00 bits per heavy atom. The summed E-state index contributed by atoms with van der Waals surface area (Å²) < 4.78 is 0. The molecular formula is C16H14ClN. The molecule has 2 rings (SSSR count). The normalized spacial score (nSPS) is 11.3. The lowest BCUT2D eigenvalue weighted by molar-refractivity contribution is 1.47. The van der Waals surface area contributed by atoms with Gasteiger partial charge in [0.15, 0.2) is 0 Å². The standard InChI is InChI=1S/C16H14ClN/c1-2-15(17)16(18)14-10-6-9-13(11-14)12-7-4-3-5-8-12/h2-11,18H,1H3/b15-2+,18-16?. The van der Waals surface area contributed by atoms with E-state index in [2.05, 4.69) is 12.1 Å². The van der Waals surface area contributed by atoms with Crippen LogP contribution in [0.5, 0.6) is 0 Å². The molecule has 0 radical (unpaired) electrons. The van der Waals surface area contributed by atoms with Gasteiger partial charge in [0.25, 0.3) is 0 Å². The number of allylic oxidation sites excluding steroid dienone is 2. The molecule has 0 saturated carbocycles. The third-order valence-corrected chi connectivity index (χ3v) is 3.16. The highest BCUT2D eigenvalue weighted by Gasteiger charge is 2.06. The van der Waals surface area contributed by atoms with Crippen LogP contribution in [0.2, 0.25) is 0 Å². The molecular weight excluding hydrogens is 242 g/mol. The zero-order valence-electron chi connectivity index (χ0n) is 10.2. The first kappa shape index (κ1) is 12.6. The molecule has 0 aliphatic carbocycles. The van der Waals surface area contributed by atoms with Crippen LogP contribution in [-0.2, 0) is 0 Å². The number of benzene rings is 2. The van der Waals surface area contributed by atoms with E-state index in [-0.39, 0.29) is 0 Å². The van der Waals surface area contributed by atoms with Crippen molar-refractivity contribution in [3.63, 3.8) is 0 Å². The molecule has 0 aromatic heterocycles. The predicted molar refractivity (Wildman–Crippen MR) is 78.3 cm³/mol. The maximum atomic E-state index is 7.99. The van der Waals surface area contributed by atoms with E-state index < -0.39 is 0 Å². The molecule has 2 aromatic rings. The topological polar surface area (TPSA) is 23.9 Å². The summed E-state index contributed by atoms with van der Waals surface area (Å²) in [5, 5.41) is 8.47. The third-order valence-electron chi connectivity index (χ3n) is 2.75. The van der Waals surface area contributed by atoms with Crippen LogP contribution in [0.25, 0.3) is 11.1 Å². The Morgan fingerprint density at radius 3 is 2.33 bits per heavy atom. The van der Waals surface area contributed by atoms with Crippen molar-refractivity contribution in [1.82, 2.24) is 0 Å². The van der Waals surface area contributed by atoms with Crippen LogP contribution in [-0.4, -0.2) is 5.71 Å². The SMILES string of the molecule is C/C=C(/Cl)C(=N)c1cccc(-c2ccccc2)c1. The van der Waals surface area contributed by atoms with Crippen molar-refractivity contribution in [2.45, 2.75) is 6.92 Å². The largest absolute Gasteiger partial charge is 0.299 e. The van der Waals surface area contributed by atoms with Crippen LogP contribution in [0.4, 0.5) is 0 Å². The van der Waals surface area contributed by atoms with Gasteiger partial charge in [0.2, 0.25) is 0 Å². The Morgan fingerprint density at radius 2 is 1.67 bits per heavy atom. The lowest BCUT2D eigenvalue weighted by Gasteiger charge is -2.06. The van der Waals surface area contributed by atoms with Gasteiger partial charge in [0.1, 0.15) is 0 Å². The number of rotatable bonds is 3. The molecule has 0 unspecified atom stereocenters. The fourth-order valence-corrected chi connectivity index (χ4v) is 1.88. The molecule has 1 N–H and O–H groups in total. The van der Waals surface area contributed by atoms with Crippen molar-refractivity contribution in [2.24, 2.45) is 0 Å². The summed E-state index contributed by atoms with van der Waals surface area (Å²) in [6.07, 6.45) is 1.74. The molecule has 0 saturated heterocycles. The van der Waals surface area contributed by atoms with E-state index in [1.165, 1.54) is 0 Å². The maximum absolute atomic E-state index is 7.99. The molecule has 1 nitrogen and oxygen atoms in total. The Kier molecular flexibility index (Phi) is 3.96. The minimum atomic E-state index is 0.358. The highest BCUT2D eigenvalue weighted by Crippen LogP contribution is 2.21. The molecule has 18 heavy (non-hydrogen) atoms. The molecule has 0 bridgehead atoms. The highest BCUT2D eigenvalue weighted by molar-refractivity contribution is 6.45. The summed E-state index contributed by atoms with van der Waals surface area (Å²) in [5.41, 5.74) is 3.43. The highest BCUT2D eigenvalue weighted by atomic mass is 35.5. The van der Waals surface area contributed by atoms with Crippen LogP contribution in [0.3, 0.4) is 0 Å². The van der Waals surface area contributed by atoms with Gasteiger partial charge in [-0.3, -0.25) is 5.41 Å². The average Bonchev–Trinajstić information content (AvgIpc) is 2.46. The lowest BCUT2D eigenvalue weighted by Crippen LogP contribution is -1.98. The van der Waals surface area contributed by atoms with Crippen molar-refractivity contribution in [3.8, 4) is 11.1 Å². The third kappa shape index (κ3) is 2.69. The molecule has 0 amide bonds. The monoisotopic (exact) mass is 255 g/mol. The second-order valence-corrected chi connectivity index (χ2v) is 4.37. The van der Waals surface area contributed by atoms with Gasteiger partial charge in [-0.15, -0.1) is 0 Å². The number of nitrogens with one attached hydrogen (secondary N) is 1. The van der Waals surface area contributed by atoms with Crippen LogP contribution in [0.15, 0.2) is 65.7 Å². The van der Waals surface area contributed by atoms with E-state index >= 15 is 0 Å². The molecule has 0 aliphatic rings. The van der Waals surface area contributed by atoms with Gasteiger partial charge in [-0.2, -0.15) is 0 Å². The second kappa shape index (κ2) is 5.65. The first-order valence-electron chi connectivity index (χ1n) is 5.79. The molecule has 0 atom stereocenters. The summed E-state index contributed by atoms with van der Waals surface area (Å²) in [5.74, 6) is 0. The number of hydrogen-bond donors (Lipinski definition) is 1. The summed E-state index contributed by atoms with van der Waals surface area (Å²) in [6.45, 7) is 1.83. The molecule has 0 heterocycles. The smallest absolute Gasteiger partial charge is 0.0795 e. The molecule has 0 aliphatic heterocycles. The number of hydrogen-bond acceptors (Lipinski definition) is 1. The summed E-state index contributed by atoms with van der Waals surface area (Å²) in [4.78, 5) is 0. The van der Waals surface area contributed by atoms with E-state index in [0.29, 0.717) is 10.7 Å². The summed E-state index contributed by atoms with van der Waals surface area (Å²) >= 11 is 5.99. The van der Waals surface area contributed by atoms with Crippen molar-refractivity contribution < 1.29 is 0 Å². The van der Waals surface area contributed by atoms with Crippen molar-refractivity contribution in [2.75, 3.05) is 0 Å². The van der Waals surface area contributed by atoms with Crippen LogP contribution in [0, 0.1) is 5.41 Å². The zero-order chi connectivity index (χ0) is 13.0. The van der Waals surface area contributed by atoms with Crippen molar-refractivity contribution in [1.29, 1.82) is 5.41 Å². The Bertz CT molecular complexity index is 585. The molecule has 2 aromatic carbocycles. The first-order valence-corrected chi connectivity index (χ1v) is 6.17. The Balaban J connectivity index is 2.40. The quantitative estimate of drug-likeness (QED) is 0.757. The zero-order valence-corrected chi connectivity index (χ0v) is 10.9. The van der Waals surface area contributed by atoms with Crippen LogP contribution < -0.4 is 0 Å². The minimum Gasteiger partial charge on any atom is -0.299 e. The summed E-state index contributed by atoms with van der Waals surface area (Å²) in [6, 6.07) is 18.0. The maximum Gasteiger partial charge on any atom is 0.0795 e. The molecule has 0 fully saturated rings. The minimum absolute atomic E-state index is 0.358. The van der Waals surface area contributed by atoms with E-state index in [4.69, 9.17) is 17.0 Å². The molecule has 2 heteroatoms. The molecule has 90 valence electrons. The van der Waals surface area contributed by atoms with Gasteiger partial charge in [-0.25, -0.2) is 0 Å².